The standard InChI is InChI=1S/C17H20FNO2/c1-4-19(14-7-5-6-13(18)10-14)12(2)16-9-8-15(21-3)11-17(16)20/h5-12,20H,4H2,1-3H3. The van der Waals surface area contributed by atoms with Crippen molar-refractivity contribution in [1.29, 1.82) is 0 Å². The van der Waals surface area contributed by atoms with Gasteiger partial charge >= 0.3 is 0 Å². The number of phenolic OH excluding ortho intramolecular Hbond substituents is 1. The van der Waals surface area contributed by atoms with E-state index < -0.39 is 0 Å². The SMILES string of the molecule is CCN(c1cccc(F)c1)C(C)c1ccc(OC)cc1O. The van der Waals surface area contributed by atoms with Gasteiger partial charge in [-0.1, -0.05) is 6.07 Å². The number of benzene rings is 2. The first-order valence-corrected chi connectivity index (χ1v) is 6.96. The summed E-state index contributed by atoms with van der Waals surface area (Å²) in [5.74, 6) is 0.519. The maximum Gasteiger partial charge on any atom is 0.125 e. The molecule has 1 atom stereocenters. The highest BCUT2D eigenvalue weighted by Crippen LogP contribution is 2.34. The minimum absolute atomic E-state index is 0.0808. The van der Waals surface area contributed by atoms with Crippen LogP contribution in [0.3, 0.4) is 0 Å². The van der Waals surface area contributed by atoms with Gasteiger partial charge in [0.1, 0.15) is 17.3 Å². The zero-order valence-electron chi connectivity index (χ0n) is 12.5. The average Bonchev–Trinajstić information content (AvgIpc) is 2.47. The van der Waals surface area contributed by atoms with Crippen LogP contribution in [0.5, 0.6) is 11.5 Å². The number of ether oxygens (including phenoxy) is 1. The summed E-state index contributed by atoms with van der Waals surface area (Å²) in [5, 5.41) is 10.2. The second-order valence-electron chi connectivity index (χ2n) is 4.87. The van der Waals surface area contributed by atoms with E-state index in [0.29, 0.717) is 12.3 Å². The molecule has 0 heterocycles. The van der Waals surface area contributed by atoms with Crippen LogP contribution in [0.15, 0.2) is 42.5 Å². The molecule has 21 heavy (non-hydrogen) atoms. The van der Waals surface area contributed by atoms with Crippen molar-refractivity contribution in [3.63, 3.8) is 0 Å². The number of anilines is 1. The Morgan fingerprint density at radius 2 is 2.00 bits per heavy atom. The number of methoxy groups -OCH3 is 1. The summed E-state index contributed by atoms with van der Waals surface area (Å²) in [7, 11) is 1.56. The molecule has 0 spiro atoms. The summed E-state index contributed by atoms with van der Waals surface area (Å²) in [6, 6.07) is 11.6. The molecule has 1 N–H and O–H groups in total. The van der Waals surface area contributed by atoms with Gasteiger partial charge < -0.3 is 14.7 Å². The van der Waals surface area contributed by atoms with Crippen molar-refractivity contribution < 1.29 is 14.2 Å². The van der Waals surface area contributed by atoms with Gasteiger partial charge in [0.05, 0.1) is 13.2 Å². The summed E-state index contributed by atoms with van der Waals surface area (Å²) < 4.78 is 18.5. The van der Waals surface area contributed by atoms with E-state index >= 15 is 0 Å². The lowest BCUT2D eigenvalue weighted by atomic mass is 10.0. The Labute approximate surface area is 124 Å². The molecule has 0 aliphatic rings. The van der Waals surface area contributed by atoms with E-state index in [-0.39, 0.29) is 17.6 Å². The summed E-state index contributed by atoms with van der Waals surface area (Å²) in [6.45, 7) is 4.69. The first kappa shape index (κ1) is 15.2. The van der Waals surface area contributed by atoms with Gasteiger partial charge in [0.2, 0.25) is 0 Å². The predicted molar refractivity (Wildman–Crippen MR) is 82.5 cm³/mol. The summed E-state index contributed by atoms with van der Waals surface area (Å²) in [5.41, 5.74) is 1.57. The number of aromatic hydroxyl groups is 1. The van der Waals surface area contributed by atoms with Gasteiger partial charge in [-0.25, -0.2) is 4.39 Å². The molecule has 112 valence electrons. The molecule has 0 aromatic heterocycles. The number of halogens is 1. The van der Waals surface area contributed by atoms with Crippen LogP contribution in [0.4, 0.5) is 10.1 Å². The van der Waals surface area contributed by atoms with Crippen LogP contribution in [-0.4, -0.2) is 18.8 Å². The van der Waals surface area contributed by atoms with Gasteiger partial charge in [-0.05, 0) is 44.2 Å². The van der Waals surface area contributed by atoms with Crippen molar-refractivity contribution in [2.75, 3.05) is 18.6 Å². The van der Waals surface area contributed by atoms with E-state index in [9.17, 15) is 9.50 Å². The van der Waals surface area contributed by atoms with Crippen LogP contribution in [0.2, 0.25) is 0 Å². The highest BCUT2D eigenvalue weighted by atomic mass is 19.1. The smallest absolute Gasteiger partial charge is 0.125 e. The van der Waals surface area contributed by atoms with Crippen LogP contribution in [-0.2, 0) is 0 Å². The predicted octanol–water partition coefficient (Wildman–Crippen LogP) is 4.13. The van der Waals surface area contributed by atoms with Gasteiger partial charge in [0.15, 0.2) is 0 Å². The Bertz CT molecular complexity index is 615. The van der Waals surface area contributed by atoms with Crippen molar-refractivity contribution in [3.05, 3.63) is 53.8 Å². The molecule has 0 radical (unpaired) electrons. The number of nitrogens with zero attached hydrogens (tertiary/aromatic N) is 1. The van der Waals surface area contributed by atoms with Crippen molar-refractivity contribution in [1.82, 2.24) is 0 Å². The quantitative estimate of drug-likeness (QED) is 0.898. The fourth-order valence-electron chi connectivity index (χ4n) is 2.51. The molecular formula is C17H20FNO2. The third-order valence-electron chi connectivity index (χ3n) is 3.64. The summed E-state index contributed by atoms with van der Waals surface area (Å²) in [6.07, 6.45) is 0. The highest BCUT2D eigenvalue weighted by molar-refractivity contribution is 5.51. The number of rotatable bonds is 5. The molecule has 3 nitrogen and oxygen atoms in total. The normalized spacial score (nSPS) is 12.0. The Balaban J connectivity index is 2.34. The first-order chi connectivity index (χ1) is 10.1. The lowest BCUT2D eigenvalue weighted by Crippen LogP contribution is -2.26. The van der Waals surface area contributed by atoms with Crippen LogP contribution >= 0.6 is 0 Å². The van der Waals surface area contributed by atoms with Gasteiger partial charge in [0.25, 0.3) is 0 Å². The fourth-order valence-corrected chi connectivity index (χ4v) is 2.51. The summed E-state index contributed by atoms with van der Waals surface area (Å²) in [4.78, 5) is 2.03. The van der Waals surface area contributed by atoms with Crippen LogP contribution in [0.25, 0.3) is 0 Å². The maximum absolute atomic E-state index is 13.4. The molecule has 4 heteroatoms. The van der Waals surface area contributed by atoms with E-state index in [1.165, 1.54) is 12.1 Å². The largest absolute Gasteiger partial charge is 0.507 e. The zero-order valence-corrected chi connectivity index (χ0v) is 12.5. The highest BCUT2D eigenvalue weighted by Gasteiger charge is 2.18. The van der Waals surface area contributed by atoms with Crippen LogP contribution in [0, 0.1) is 5.82 Å². The van der Waals surface area contributed by atoms with Crippen molar-refractivity contribution in [2.24, 2.45) is 0 Å². The van der Waals surface area contributed by atoms with E-state index in [2.05, 4.69) is 0 Å². The van der Waals surface area contributed by atoms with Crippen molar-refractivity contribution >= 4 is 5.69 Å². The van der Waals surface area contributed by atoms with E-state index in [1.54, 1.807) is 19.2 Å². The van der Waals surface area contributed by atoms with Gasteiger partial charge in [-0.15, -0.1) is 0 Å². The minimum atomic E-state index is -0.267. The molecule has 2 aromatic rings. The molecule has 0 saturated carbocycles. The first-order valence-electron chi connectivity index (χ1n) is 6.96. The molecule has 2 rings (SSSR count). The third kappa shape index (κ3) is 3.27. The molecule has 0 bridgehead atoms. The summed E-state index contributed by atoms with van der Waals surface area (Å²) >= 11 is 0. The molecule has 2 aromatic carbocycles. The lowest BCUT2D eigenvalue weighted by molar-refractivity contribution is 0.405. The molecular weight excluding hydrogens is 269 g/mol. The van der Waals surface area contributed by atoms with Gasteiger partial charge in [-0.2, -0.15) is 0 Å². The van der Waals surface area contributed by atoms with Crippen LogP contribution in [0.1, 0.15) is 25.5 Å². The Kier molecular flexibility index (Phi) is 4.68. The molecule has 0 fully saturated rings. The average molecular weight is 289 g/mol. The molecule has 0 aliphatic carbocycles. The second kappa shape index (κ2) is 6.48. The Hall–Kier alpha value is -2.23. The zero-order chi connectivity index (χ0) is 15.4. The fraction of sp³-hybridized carbons (Fsp3) is 0.294. The van der Waals surface area contributed by atoms with Gasteiger partial charge in [0, 0.05) is 23.9 Å². The van der Waals surface area contributed by atoms with Gasteiger partial charge in [-0.3, -0.25) is 0 Å². The van der Waals surface area contributed by atoms with Crippen molar-refractivity contribution in [2.45, 2.75) is 19.9 Å². The third-order valence-corrected chi connectivity index (χ3v) is 3.64. The Morgan fingerprint density at radius 1 is 1.24 bits per heavy atom. The maximum atomic E-state index is 13.4. The van der Waals surface area contributed by atoms with Crippen molar-refractivity contribution in [3.8, 4) is 11.5 Å². The molecule has 0 aliphatic heterocycles. The molecule has 0 saturated heterocycles. The topological polar surface area (TPSA) is 32.7 Å². The second-order valence-corrected chi connectivity index (χ2v) is 4.87. The number of phenols is 1. The molecule has 0 amide bonds. The minimum Gasteiger partial charge on any atom is -0.507 e. The Morgan fingerprint density at radius 3 is 2.57 bits per heavy atom. The van der Waals surface area contributed by atoms with E-state index in [4.69, 9.17) is 4.74 Å². The lowest BCUT2D eigenvalue weighted by Gasteiger charge is -2.31. The van der Waals surface area contributed by atoms with E-state index in [0.717, 1.165) is 11.3 Å². The monoisotopic (exact) mass is 289 g/mol. The van der Waals surface area contributed by atoms with E-state index in [1.807, 2.05) is 36.9 Å². The number of hydrogen-bond acceptors (Lipinski definition) is 3. The molecule has 1 unspecified atom stereocenters. The number of hydrogen-bond donors (Lipinski definition) is 1. The van der Waals surface area contributed by atoms with Crippen LogP contribution < -0.4 is 9.64 Å².